The molecule has 2 aromatic rings. The van der Waals surface area contributed by atoms with Gasteiger partial charge in [0.2, 0.25) is 0 Å². The minimum absolute atomic E-state index is 0.000156. The van der Waals surface area contributed by atoms with Crippen LogP contribution >= 0.6 is 11.5 Å². The molecule has 0 fully saturated rings. The first-order valence-electron chi connectivity index (χ1n) is 6.93. The summed E-state index contributed by atoms with van der Waals surface area (Å²) in [5.74, 6) is 0.813. The number of aromatic nitrogens is 2. The minimum Gasteiger partial charge on any atom is -0.497 e. The van der Waals surface area contributed by atoms with E-state index < -0.39 is 0 Å². The van der Waals surface area contributed by atoms with Crippen molar-refractivity contribution in [1.29, 1.82) is 0 Å². The van der Waals surface area contributed by atoms with Crippen LogP contribution in [0.1, 0.15) is 34.8 Å². The first-order valence-corrected chi connectivity index (χ1v) is 7.70. The number of methoxy groups -OCH3 is 1. The van der Waals surface area contributed by atoms with Gasteiger partial charge in [0.05, 0.1) is 12.8 Å². The van der Waals surface area contributed by atoms with Gasteiger partial charge in [-0.15, -0.1) is 5.10 Å². The highest BCUT2D eigenvalue weighted by molar-refractivity contribution is 7.07. The molecule has 0 bridgehead atoms. The molecular formula is C15H19N3O2S. The molecule has 0 unspecified atom stereocenters. The number of benzene rings is 1. The molecule has 0 saturated heterocycles. The van der Waals surface area contributed by atoms with Crippen LogP contribution in [0.5, 0.6) is 5.75 Å². The van der Waals surface area contributed by atoms with E-state index in [-0.39, 0.29) is 5.91 Å². The lowest BCUT2D eigenvalue weighted by Gasteiger charge is -2.20. The van der Waals surface area contributed by atoms with Crippen molar-refractivity contribution in [2.24, 2.45) is 0 Å². The average molecular weight is 305 g/mol. The molecule has 0 atom stereocenters. The first kappa shape index (κ1) is 15.4. The van der Waals surface area contributed by atoms with Gasteiger partial charge < -0.3 is 9.64 Å². The molecule has 1 heterocycles. The Balaban J connectivity index is 2.13. The van der Waals surface area contributed by atoms with Crippen molar-refractivity contribution >= 4 is 17.4 Å². The molecule has 112 valence electrons. The summed E-state index contributed by atoms with van der Waals surface area (Å²) in [6.07, 6.45) is 0.720. The Morgan fingerprint density at radius 1 is 1.29 bits per heavy atom. The van der Waals surface area contributed by atoms with Crippen LogP contribution in [-0.2, 0) is 13.0 Å². The first-order chi connectivity index (χ1) is 10.2. The predicted molar refractivity (Wildman–Crippen MR) is 82.7 cm³/mol. The number of rotatable bonds is 6. The smallest absolute Gasteiger partial charge is 0.267 e. The Bertz CT molecular complexity index is 595. The fourth-order valence-electron chi connectivity index (χ4n) is 2.02. The molecule has 21 heavy (non-hydrogen) atoms. The van der Waals surface area contributed by atoms with Crippen molar-refractivity contribution in [3.05, 3.63) is 40.4 Å². The van der Waals surface area contributed by atoms with E-state index in [9.17, 15) is 4.79 Å². The van der Waals surface area contributed by atoms with Gasteiger partial charge in [-0.3, -0.25) is 4.79 Å². The second kappa shape index (κ2) is 7.17. The summed E-state index contributed by atoms with van der Waals surface area (Å²) in [7, 11) is 1.64. The van der Waals surface area contributed by atoms with Crippen LogP contribution in [-0.4, -0.2) is 34.0 Å². The van der Waals surface area contributed by atoms with Crippen molar-refractivity contribution in [3.63, 3.8) is 0 Å². The molecule has 0 N–H and O–H groups in total. The summed E-state index contributed by atoms with van der Waals surface area (Å²) in [4.78, 5) is 15.0. The zero-order chi connectivity index (χ0) is 15.2. The highest BCUT2D eigenvalue weighted by atomic mass is 32.1. The summed E-state index contributed by atoms with van der Waals surface area (Å²) in [6, 6.07) is 7.75. The summed E-state index contributed by atoms with van der Waals surface area (Å²) in [5, 5.41) is 4.01. The van der Waals surface area contributed by atoms with Gasteiger partial charge in [0.1, 0.15) is 10.6 Å². The van der Waals surface area contributed by atoms with Crippen LogP contribution in [0.4, 0.5) is 0 Å². The number of amides is 1. The van der Waals surface area contributed by atoms with E-state index in [4.69, 9.17) is 4.74 Å². The predicted octanol–water partition coefficient (Wildman–Crippen LogP) is 2.77. The van der Waals surface area contributed by atoms with Crippen LogP contribution in [0.25, 0.3) is 0 Å². The number of carbonyl (C=O) groups excluding carboxylic acids is 1. The third kappa shape index (κ3) is 3.58. The number of hydrogen-bond donors (Lipinski definition) is 0. The number of aryl methyl sites for hydroxylation is 1. The monoisotopic (exact) mass is 305 g/mol. The van der Waals surface area contributed by atoms with Gasteiger partial charge in [-0.1, -0.05) is 23.5 Å². The molecule has 6 heteroatoms. The molecule has 1 aromatic heterocycles. The van der Waals surface area contributed by atoms with Crippen molar-refractivity contribution in [1.82, 2.24) is 14.5 Å². The average Bonchev–Trinajstić information content (AvgIpc) is 3.01. The zero-order valence-electron chi connectivity index (χ0n) is 12.5. The molecule has 1 amide bonds. The summed E-state index contributed by atoms with van der Waals surface area (Å²) >= 11 is 1.17. The van der Waals surface area contributed by atoms with E-state index in [2.05, 4.69) is 9.59 Å². The van der Waals surface area contributed by atoms with Gasteiger partial charge in [0.25, 0.3) is 5.91 Å². The Hall–Kier alpha value is -1.95. The number of hydrogen-bond acceptors (Lipinski definition) is 5. The molecule has 0 spiro atoms. The van der Waals surface area contributed by atoms with Gasteiger partial charge >= 0.3 is 0 Å². The summed E-state index contributed by atoms with van der Waals surface area (Å²) < 4.78 is 9.03. The number of carbonyl (C=O) groups is 1. The van der Waals surface area contributed by atoms with E-state index in [1.165, 1.54) is 11.5 Å². The van der Waals surface area contributed by atoms with E-state index in [0.29, 0.717) is 18.0 Å². The van der Waals surface area contributed by atoms with Crippen LogP contribution < -0.4 is 4.74 Å². The van der Waals surface area contributed by atoms with Gasteiger partial charge in [-0.25, -0.2) is 0 Å². The van der Waals surface area contributed by atoms with E-state index >= 15 is 0 Å². The Morgan fingerprint density at radius 3 is 2.57 bits per heavy atom. The fourth-order valence-corrected chi connectivity index (χ4v) is 2.74. The lowest BCUT2D eigenvalue weighted by Crippen LogP contribution is -2.30. The maximum absolute atomic E-state index is 12.6. The maximum Gasteiger partial charge on any atom is 0.267 e. The normalized spacial score (nSPS) is 10.4. The fraction of sp³-hybridized carbons (Fsp3) is 0.400. The molecule has 0 aliphatic rings. The summed E-state index contributed by atoms with van der Waals surface area (Å²) in [5.41, 5.74) is 1.85. The Labute approximate surface area is 128 Å². The maximum atomic E-state index is 12.6. The van der Waals surface area contributed by atoms with Gasteiger partial charge in [0, 0.05) is 13.1 Å². The summed E-state index contributed by atoms with van der Waals surface area (Å²) in [6.45, 7) is 5.17. The molecule has 5 nitrogen and oxygen atoms in total. The molecule has 2 rings (SSSR count). The van der Waals surface area contributed by atoms with E-state index in [0.717, 1.165) is 23.4 Å². The SMILES string of the molecule is CCc1nnsc1C(=O)N(CC)Cc1ccc(OC)cc1. The largest absolute Gasteiger partial charge is 0.497 e. The van der Waals surface area contributed by atoms with Gasteiger partial charge in [0.15, 0.2) is 0 Å². The minimum atomic E-state index is 0.000156. The second-order valence-corrected chi connectivity index (χ2v) is 5.32. The molecule has 0 aliphatic heterocycles. The molecule has 0 radical (unpaired) electrons. The standard InChI is InChI=1S/C15H19N3O2S/c1-4-13-14(21-17-16-13)15(19)18(5-2)10-11-6-8-12(20-3)9-7-11/h6-9H,4-5,10H2,1-3H3. The third-order valence-corrected chi connectivity index (χ3v) is 4.04. The van der Waals surface area contributed by atoms with Crippen LogP contribution in [0, 0.1) is 0 Å². The van der Waals surface area contributed by atoms with E-state index in [1.807, 2.05) is 38.1 Å². The van der Waals surface area contributed by atoms with E-state index in [1.54, 1.807) is 12.0 Å². The van der Waals surface area contributed by atoms with Crippen molar-refractivity contribution in [3.8, 4) is 5.75 Å². The zero-order valence-corrected chi connectivity index (χ0v) is 13.3. The lowest BCUT2D eigenvalue weighted by atomic mass is 10.2. The Morgan fingerprint density at radius 2 is 2.00 bits per heavy atom. The second-order valence-electron chi connectivity index (χ2n) is 4.57. The van der Waals surface area contributed by atoms with Gasteiger partial charge in [-0.2, -0.15) is 0 Å². The molecular weight excluding hydrogens is 286 g/mol. The number of nitrogens with zero attached hydrogens (tertiary/aromatic N) is 3. The molecule has 0 saturated carbocycles. The molecule has 1 aromatic carbocycles. The van der Waals surface area contributed by atoms with Crippen LogP contribution in [0.2, 0.25) is 0 Å². The topological polar surface area (TPSA) is 55.3 Å². The van der Waals surface area contributed by atoms with Crippen molar-refractivity contribution in [2.75, 3.05) is 13.7 Å². The van der Waals surface area contributed by atoms with Gasteiger partial charge in [-0.05, 0) is 42.6 Å². The lowest BCUT2D eigenvalue weighted by molar-refractivity contribution is 0.0756. The quantitative estimate of drug-likeness (QED) is 0.823. The third-order valence-electron chi connectivity index (χ3n) is 3.29. The van der Waals surface area contributed by atoms with Crippen LogP contribution in [0.15, 0.2) is 24.3 Å². The van der Waals surface area contributed by atoms with Crippen LogP contribution in [0.3, 0.4) is 0 Å². The number of ether oxygens (including phenoxy) is 1. The highest BCUT2D eigenvalue weighted by Gasteiger charge is 2.20. The van der Waals surface area contributed by atoms with Crippen molar-refractivity contribution in [2.45, 2.75) is 26.8 Å². The Kier molecular flexibility index (Phi) is 5.27. The molecule has 0 aliphatic carbocycles. The van der Waals surface area contributed by atoms with Crippen molar-refractivity contribution < 1.29 is 9.53 Å². The highest BCUT2D eigenvalue weighted by Crippen LogP contribution is 2.17.